The fourth-order valence-corrected chi connectivity index (χ4v) is 3.34. The molecule has 1 aliphatic carbocycles. The molecule has 1 fully saturated rings. The molecule has 0 saturated heterocycles. The van der Waals surface area contributed by atoms with Gasteiger partial charge in [0.1, 0.15) is 5.03 Å². The molecule has 13 heavy (non-hydrogen) atoms. The van der Waals surface area contributed by atoms with Crippen molar-refractivity contribution in [3.05, 3.63) is 22.8 Å². The van der Waals surface area contributed by atoms with Crippen LogP contribution in [0, 0.1) is 0 Å². The number of aromatic nitrogens is 1. The van der Waals surface area contributed by atoms with E-state index < -0.39 is 0 Å². The van der Waals surface area contributed by atoms with Gasteiger partial charge >= 0.3 is 0 Å². The number of hydrogen-bond donors (Lipinski definition) is 0. The SMILES string of the molecule is Brc1cccnc1SC1CCCC1. The van der Waals surface area contributed by atoms with Crippen molar-refractivity contribution in [1.29, 1.82) is 0 Å². The topological polar surface area (TPSA) is 12.9 Å². The lowest BCUT2D eigenvalue weighted by Crippen LogP contribution is -1.94. The molecular weight excluding hydrogens is 246 g/mol. The van der Waals surface area contributed by atoms with Gasteiger partial charge in [-0.25, -0.2) is 4.98 Å². The van der Waals surface area contributed by atoms with Gasteiger partial charge in [0, 0.05) is 15.9 Å². The first-order chi connectivity index (χ1) is 6.36. The van der Waals surface area contributed by atoms with Gasteiger partial charge in [0.2, 0.25) is 0 Å². The predicted octanol–water partition coefficient (Wildman–Crippen LogP) is 3.88. The molecule has 3 heteroatoms. The summed E-state index contributed by atoms with van der Waals surface area (Å²) in [4.78, 5) is 4.36. The Morgan fingerprint density at radius 1 is 1.38 bits per heavy atom. The molecule has 0 spiro atoms. The first-order valence-corrected chi connectivity index (χ1v) is 6.31. The maximum absolute atomic E-state index is 4.36. The Kier molecular flexibility index (Phi) is 3.28. The molecule has 0 bridgehead atoms. The van der Waals surface area contributed by atoms with Crippen LogP contribution in [0.15, 0.2) is 27.8 Å². The van der Waals surface area contributed by atoms with E-state index in [0.29, 0.717) is 0 Å². The second-order valence-electron chi connectivity index (χ2n) is 3.31. The molecule has 0 radical (unpaired) electrons. The number of nitrogens with zero attached hydrogens (tertiary/aromatic N) is 1. The highest BCUT2D eigenvalue weighted by Gasteiger charge is 2.17. The van der Waals surface area contributed by atoms with Gasteiger partial charge in [-0.3, -0.25) is 0 Å². The smallest absolute Gasteiger partial charge is 0.110 e. The summed E-state index contributed by atoms with van der Waals surface area (Å²) in [6.45, 7) is 0. The summed E-state index contributed by atoms with van der Waals surface area (Å²) in [6, 6.07) is 4.02. The van der Waals surface area contributed by atoms with Crippen molar-refractivity contribution >= 4 is 27.7 Å². The Balaban J connectivity index is 2.04. The molecule has 0 amide bonds. The largest absolute Gasteiger partial charge is 0.249 e. The summed E-state index contributed by atoms with van der Waals surface area (Å²) in [5.74, 6) is 0. The summed E-state index contributed by atoms with van der Waals surface area (Å²) < 4.78 is 1.13. The molecule has 2 rings (SSSR count). The number of hydrogen-bond acceptors (Lipinski definition) is 2. The average molecular weight is 258 g/mol. The highest BCUT2D eigenvalue weighted by Crippen LogP contribution is 2.36. The first kappa shape index (κ1) is 9.53. The second kappa shape index (κ2) is 4.47. The molecule has 1 aliphatic rings. The molecule has 1 aromatic rings. The van der Waals surface area contributed by atoms with Crippen molar-refractivity contribution in [3.8, 4) is 0 Å². The maximum atomic E-state index is 4.36. The van der Waals surface area contributed by atoms with Crippen molar-refractivity contribution in [1.82, 2.24) is 4.98 Å². The zero-order valence-electron chi connectivity index (χ0n) is 7.37. The van der Waals surface area contributed by atoms with E-state index in [0.717, 1.165) is 14.7 Å². The molecule has 0 N–H and O–H groups in total. The van der Waals surface area contributed by atoms with Gasteiger partial charge in [0.25, 0.3) is 0 Å². The van der Waals surface area contributed by atoms with Crippen LogP contribution in [0.1, 0.15) is 25.7 Å². The normalized spacial score (nSPS) is 17.9. The third-order valence-corrected chi connectivity index (χ3v) is 4.56. The molecule has 70 valence electrons. The summed E-state index contributed by atoms with van der Waals surface area (Å²) in [5.41, 5.74) is 0. The van der Waals surface area contributed by atoms with Crippen molar-refractivity contribution in [2.75, 3.05) is 0 Å². The Labute approximate surface area is 91.5 Å². The Hall–Kier alpha value is -0.0200. The van der Waals surface area contributed by atoms with Crippen LogP contribution in [0.25, 0.3) is 0 Å². The molecule has 1 saturated carbocycles. The Morgan fingerprint density at radius 2 is 2.15 bits per heavy atom. The van der Waals surface area contributed by atoms with E-state index in [-0.39, 0.29) is 0 Å². The van der Waals surface area contributed by atoms with Crippen LogP contribution < -0.4 is 0 Å². The standard InChI is InChI=1S/C10H12BrNS/c11-9-6-3-7-12-10(9)13-8-4-1-2-5-8/h3,6-8H,1-2,4-5H2. The summed E-state index contributed by atoms with van der Waals surface area (Å²) in [5, 5.41) is 1.94. The van der Waals surface area contributed by atoms with Gasteiger partial charge < -0.3 is 0 Å². The van der Waals surface area contributed by atoms with Crippen LogP contribution in [-0.2, 0) is 0 Å². The van der Waals surface area contributed by atoms with Crippen molar-refractivity contribution < 1.29 is 0 Å². The Bertz CT molecular complexity index is 284. The van der Waals surface area contributed by atoms with E-state index in [9.17, 15) is 0 Å². The van der Waals surface area contributed by atoms with E-state index in [1.54, 1.807) is 0 Å². The lowest BCUT2D eigenvalue weighted by atomic mass is 10.4. The minimum atomic E-state index is 0.797. The van der Waals surface area contributed by atoms with E-state index >= 15 is 0 Å². The van der Waals surface area contributed by atoms with Gasteiger partial charge in [-0.2, -0.15) is 0 Å². The number of halogens is 1. The van der Waals surface area contributed by atoms with Crippen LogP contribution in [-0.4, -0.2) is 10.2 Å². The third-order valence-electron chi connectivity index (χ3n) is 2.31. The second-order valence-corrected chi connectivity index (χ2v) is 5.46. The fourth-order valence-electron chi connectivity index (χ4n) is 1.62. The molecule has 1 nitrogen and oxygen atoms in total. The highest BCUT2D eigenvalue weighted by molar-refractivity contribution is 9.10. The van der Waals surface area contributed by atoms with E-state index in [4.69, 9.17) is 0 Å². The first-order valence-electron chi connectivity index (χ1n) is 4.63. The summed E-state index contributed by atoms with van der Waals surface area (Å²) in [6.07, 6.45) is 7.35. The van der Waals surface area contributed by atoms with Gasteiger partial charge in [0.05, 0.1) is 0 Å². The van der Waals surface area contributed by atoms with Crippen molar-refractivity contribution in [2.24, 2.45) is 0 Å². The van der Waals surface area contributed by atoms with Crippen LogP contribution >= 0.6 is 27.7 Å². The lowest BCUT2D eigenvalue weighted by Gasteiger charge is -2.08. The quantitative estimate of drug-likeness (QED) is 0.798. The third kappa shape index (κ3) is 2.47. The summed E-state index contributed by atoms with van der Waals surface area (Å²) in [7, 11) is 0. The van der Waals surface area contributed by atoms with Crippen LogP contribution in [0.3, 0.4) is 0 Å². The van der Waals surface area contributed by atoms with E-state index in [2.05, 4.69) is 27.0 Å². The monoisotopic (exact) mass is 257 g/mol. The van der Waals surface area contributed by atoms with E-state index in [1.165, 1.54) is 25.7 Å². The highest BCUT2D eigenvalue weighted by atomic mass is 79.9. The van der Waals surface area contributed by atoms with E-state index in [1.807, 2.05) is 24.0 Å². The molecule has 1 heterocycles. The number of pyridine rings is 1. The molecular formula is C10H12BrNS. The minimum absolute atomic E-state index is 0.797. The average Bonchev–Trinajstić information content (AvgIpc) is 2.61. The van der Waals surface area contributed by atoms with Gasteiger partial charge in [0.15, 0.2) is 0 Å². The zero-order chi connectivity index (χ0) is 9.10. The van der Waals surface area contributed by atoms with Crippen LogP contribution in [0.4, 0.5) is 0 Å². The molecule has 1 aromatic heterocycles. The molecule has 0 atom stereocenters. The molecule has 0 unspecified atom stereocenters. The lowest BCUT2D eigenvalue weighted by molar-refractivity contribution is 0.886. The molecule has 0 aliphatic heterocycles. The summed E-state index contributed by atoms with van der Waals surface area (Å²) >= 11 is 5.44. The number of thioether (sulfide) groups is 1. The van der Waals surface area contributed by atoms with Crippen LogP contribution in [0.2, 0.25) is 0 Å². The predicted molar refractivity (Wildman–Crippen MR) is 60.1 cm³/mol. The van der Waals surface area contributed by atoms with Crippen molar-refractivity contribution in [2.45, 2.75) is 36.0 Å². The Morgan fingerprint density at radius 3 is 2.85 bits per heavy atom. The molecule has 0 aromatic carbocycles. The van der Waals surface area contributed by atoms with Crippen molar-refractivity contribution in [3.63, 3.8) is 0 Å². The fraction of sp³-hybridized carbons (Fsp3) is 0.500. The van der Waals surface area contributed by atoms with Gasteiger partial charge in [-0.05, 0) is 40.9 Å². The van der Waals surface area contributed by atoms with Gasteiger partial charge in [-0.1, -0.05) is 12.8 Å². The minimum Gasteiger partial charge on any atom is -0.249 e. The maximum Gasteiger partial charge on any atom is 0.110 e. The van der Waals surface area contributed by atoms with Gasteiger partial charge in [-0.15, -0.1) is 11.8 Å². The zero-order valence-corrected chi connectivity index (χ0v) is 9.77. The number of rotatable bonds is 2. The van der Waals surface area contributed by atoms with Crippen LogP contribution in [0.5, 0.6) is 0 Å².